The standard InChI is InChI=1S/C19H33N3OS/c1-13(2)19(12-18(19,5)6)16(23)21-17-22(11-9-8-10-20-7)14(3)15(4)24-17/h13,20H,8-12H2,1-7H3. The summed E-state index contributed by atoms with van der Waals surface area (Å²) in [5, 5.41) is 3.19. The van der Waals surface area contributed by atoms with Gasteiger partial charge in [0.2, 0.25) is 0 Å². The van der Waals surface area contributed by atoms with Crippen molar-refractivity contribution in [3.05, 3.63) is 15.4 Å². The molecular formula is C19H33N3OS. The van der Waals surface area contributed by atoms with E-state index in [9.17, 15) is 4.79 Å². The number of hydrogen-bond acceptors (Lipinski definition) is 3. The molecule has 24 heavy (non-hydrogen) atoms. The summed E-state index contributed by atoms with van der Waals surface area (Å²) in [6.07, 6.45) is 3.18. The molecule has 1 N–H and O–H groups in total. The van der Waals surface area contributed by atoms with Gasteiger partial charge in [-0.25, -0.2) is 0 Å². The smallest absolute Gasteiger partial charge is 0.255 e. The van der Waals surface area contributed by atoms with E-state index in [1.807, 2.05) is 7.05 Å². The van der Waals surface area contributed by atoms with Crippen LogP contribution in [-0.2, 0) is 11.3 Å². The van der Waals surface area contributed by atoms with Crippen molar-refractivity contribution in [1.82, 2.24) is 9.88 Å². The highest BCUT2D eigenvalue weighted by Gasteiger charge is 2.67. The minimum Gasteiger partial charge on any atom is -0.321 e. The Balaban J connectivity index is 2.29. The topological polar surface area (TPSA) is 46.4 Å². The van der Waals surface area contributed by atoms with Crippen molar-refractivity contribution < 1.29 is 4.79 Å². The van der Waals surface area contributed by atoms with Crippen molar-refractivity contribution in [2.75, 3.05) is 13.6 Å². The average Bonchev–Trinajstić information content (AvgIpc) is 3.01. The largest absolute Gasteiger partial charge is 0.321 e. The zero-order valence-electron chi connectivity index (χ0n) is 16.3. The van der Waals surface area contributed by atoms with Gasteiger partial charge in [0.25, 0.3) is 5.91 Å². The summed E-state index contributed by atoms with van der Waals surface area (Å²) < 4.78 is 2.23. The maximum absolute atomic E-state index is 13.0. The summed E-state index contributed by atoms with van der Waals surface area (Å²) in [5.74, 6) is 0.405. The highest BCUT2D eigenvalue weighted by Crippen LogP contribution is 2.68. The molecule has 2 rings (SSSR count). The maximum atomic E-state index is 13.0. The Morgan fingerprint density at radius 1 is 1.33 bits per heavy atom. The number of aromatic nitrogens is 1. The number of nitrogens with zero attached hydrogens (tertiary/aromatic N) is 2. The first-order chi connectivity index (χ1) is 11.2. The molecule has 1 fully saturated rings. The van der Waals surface area contributed by atoms with Crippen LogP contribution >= 0.6 is 11.3 Å². The Labute approximate surface area is 150 Å². The first-order valence-electron chi connectivity index (χ1n) is 9.08. The van der Waals surface area contributed by atoms with E-state index in [0.29, 0.717) is 5.92 Å². The number of rotatable bonds is 7. The Morgan fingerprint density at radius 3 is 2.46 bits per heavy atom. The Bertz CT molecular complexity index is 669. The second-order valence-electron chi connectivity index (χ2n) is 8.09. The molecule has 1 aliphatic carbocycles. The van der Waals surface area contributed by atoms with E-state index in [-0.39, 0.29) is 16.7 Å². The fourth-order valence-electron chi connectivity index (χ4n) is 3.95. The number of amides is 1. The van der Waals surface area contributed by atoms with Crippen LogP contribution in [0.5, 0.6) is 0 Å². The normalized spacial score (nSPS) is 23.1. The molecule has 1 aromatic heterocycles. The number of aryl methyl sites for hydroxylation is 1. The van der Waals surface area contributed by atoms with Gasteiger partial charge < -0.3 is 9.88 Å². The predicted octanol–water partition coefficient (Wildman–Crippen LogP) is 3.67. The predicted molar refractivity (Wildman–Crippen MR) is 101 cm³/mol. The second kappa shape index (κ2) is 7.12. The van der Waals surface area contributed by atoms with Crippen molar-refractivity contribution in [3.63, 3.8) is 0 Å². The molecule has 0 radical (unpaired) electrons. The van der Waals surface area contributed by atoms with Gasteiger partial charge in [0.1, 0.15) is 0 Å². The molecule has 1 amide bonds. The molecule has 136 valence electrons. The molecule has 1 heterocycles. The molecule has 0 bridgehead atoms. The van der Waals surface area contributed by atoms with Gasteiger partial charge in [0.05, 0.1) is 5.41 Å². The Morgan fingerprint density at radius 2 is 1.96 bits per heavy atom. The van der Waals surface area contributed by atoms with E-state index in [1.54, 1.807) is 11.3 Å². The lowest BCUT2D eigenvalue weighted by Crippen LogP contribution is -2.29. The van der Waals surface area contributed by atoms with Gasteiger partial charge in [-0.15, -0.1) is 11.3 Å². The Hall–Kier alpha value is -0.940. The molecular weight excluding hydrogens is 318 g/mol. The number of unbranched alkanes of at least 4 members (excludes halogenated alkanes) is 1. The summed E-state index contributed by atoms with van der Waals surface area (Å²) in [4.78, 5) is 19.8. The molecule has 1 atom stereocenters. The van der Waals surface area contributed by atoms with Crippen molar-refractivity contribution in [2.45, 2.75) is 67.3 Å². The zero-order valence-corrected chi connectivity index (χ0v) is 17.1. The molecule has 1 aromatic rings. The SMILES string of the molecule is CNCCCCn1c(C)c(C)sc1=NC(=O)C1(C(C)C)CC1(C)C. The lowest BCUT2D eigenvalue weighted by molar-refractivity contribution is -0.126. The molecule has 1 unspecified atom stereocenters. The number of hydrogen-bond donors (Lipinski definition) is 1. The van der Waals surface area contributed by atoms with Gasteiger partial charge in [-0.05, 0) is 58.0 Å². The van der Waals surface area contributed by atoms with E-state index in [4.69, 9.17) is 0 Å². The van der Waals surface area contributed by atoms with Crippen molar-refractivity contribution in [2.24, 2.45) is 21.7 Å². The van der Waals surface area contributed by atoms with E-state index in [1.165, 1.54) is 10.6 Å². The van der Waals surface area contributed by atoms with Gasteiger partial charge in [0.15, 0.2) is 4.80 Å². The number of thiazole rings is 1. The number of carbonyl (C=O) groups excluding carboxylic acids is 1. The van der Waals surface area contributed by atoms with E-state index < -0.39 is 0 Å². The lowest BCUT2D eigenvalue weighted by Gasteiger charge is -2.20. The second-order valence-corrected chi connectivity index (χ2v) is 9.27. The Kier molecular flexibility index (Phi) is 5.75. The summed E-state index contributed by atoms with van der Waals surface area (Å²) in [6, 6.07) is 0. The molecule has 0 spiro atoms. The summed E-state index contributed by atoms with van der Waals surface area (Å²) in [6.45, 7) is 14.9. The fourth-order valence-corrected chi connectivity index (χ4v) is 4.95. The summed E-state index contributed by atoms with van der Waals surface area (Å²) in [7, 11) is 1.98. The summed E-state index contributed by atoms with van der Waals surface area (Å²) in [5.41, 5.74) is 1.04. The van der Waals surface area contributed by atoms with Crippen LogP contribution in [0, 0.1) is 30.6 Å². The van der Waals surface area contributed by atoms with Crippen LogP contribution in [0.4, 0.5) is 0 Å². The van der Waals surface area contributed by atoms with Gasteiger partial charge in [-0.2, -0.15) is 4.99 Å². The molecule has 1 aliphatic rings. The van der Waals surface area contributed by atoms with E-state index in [2.05, 4.69) is 56.4 Å². The zero-order chi connectivity index (χ0) is 18.1. The molecule has 1 saturated carbocycles. The molecule has 0 saturated heterocycles. The van der Waals surface area contributed by atoms with Crippen LogP contribution in [0.3, 0.4) is 0 Å². The third kappa shape index (κ3) is 3.38. The van der Waals surface area contributed by atoms with Crippen molar-refractivity contribution in [3.8, 4) is 0 Å². The number of nitrogens with one attached hydrogen (secondary N) is 1. The van der Waals surface area contributed by atoms with E-state index in [0.717, 1.165) is 37.2 Å². The first-order valence-corrected chi connectivity index (χ1v) is 9.89. The molecule has 5 heteroatoms. The lowest BCUT2D eigenvalue weighted by atomic mass is 9.84. The van der Waals surface area contributed by atoms with Crippen LogP contribution in [0.1, 0.15) is 57.5 Å². The van der Waals surface area contributed by atoms with Gasteiger partial charge >= 0.3 is 0 Å². The van der Waals surface area contributed by atoms with Crippen molar-refractivity contribution >= 4 is 17.2 Å². The van der Waals surface area contributed by atoms with Crippen LogP contribution < -0.4 is 10.1 Å². The highest BCUT2D eigenvalue weighted by molar-refractivity contribution is 7.09. The first kappa shape index (κ1) is 19.4. The molecule has 0 aromatic carbocycles. The van der Waals surface area contributed by atoms with Gasteiger partial charge in [-0.1, -0.05) is 27.7 Å². The third-order valence-corrected chi connectivity index (χ3v) is 6.91. The minimum atomic E-state index is -0.275. The fraction of sp³-hybridized carbons (Fsp3) is 0.789. The minimum absolute atomic E-state index is 0.0702. The van der Waals surface area contributed by atoms with Gasteiger partial charge in [-0.3, -0.25) is 4.79 Å². The van der Waals surface area contributed by atoms with E-state index >= 15 is 0 Å². The summed E-state index contributed by atoms with van der Waals surface area (Å²) >= 11 is 1.65. The number of carbonyl (C=O) groups is 1. The molecule has 4 nitrogen and oxygen atoms in total. The van der Waals surface area contributed by atoms with Gasteiger partial charge in [0, 0.05) is 17.1 Å². The van der Waals surface area contributed by atoms with Crippen LogP contribution in [0.25, 0.3) is 0 Å². The monoisotopic (exact) mass is 351 g/mol. The van der Waals surface area contributed by atoms with Crippen LogP contribution in [-0.4, -0.2) is 24.1 Å². The average molecular weight is 352 g/mol. The third-order valence-electron chi connectivity index (χ3n) is 5.82. The molecule has 0 aliphatic heterocycles. The van der Waals surface area contributed by atoms with Crippen LogP contribution in [0.2, 0.25) is 0 Å². The van der Waals surface area contributed by atoms with Crippen molar-refractivity contribution in [1.29, 1.82) is 0 Å². The quantitative estimate of drug-likeness (QED) is 0.762. The maximum Gasteiger partial charge on any atom is 0.255 e. The highest BCUT2D eigenvalue weighted by atomic mass is 32.1. The van der Waals surface area contributed by atoms with Crippen LogP contribution in [0.15, 0.2) is 4.99 Å².